The fourth-order valence-corrected chi connectivity index (χ4v) is 9.59. The van der Waals surface area contributed by atoms with Crippen LogP contribution >= 0.6 is 0 Å². The van der Waals surface area contributed by atoms with Crippen molar-refractivity contribution in [3.05, 3.63) is 84.7 Å². The van der Waals surface area contributed by atoms with Crippen LogP contribution in [0.1, 0.15) is 96.9 Å². The third-order valence-electron chi connectivity index (χ3n) is 12.8. The lowest BCUT2D eigenvalue weighted by Gasteiger charge is -2.37. The van der Waals surface area contributed by atoms with Gasteiger partial charge in [0.15, 0.2) is 0 Å². The molecule has 2 aliphatic carbocycles. The smallest absolute Gasteiger partial charge is 0.410 e. The first kappa shape index (κ1) is 37.9. The van der Waals surface area contributed by atoms with E-state index in [4.69, 9.17) is 19.4 Å². The van der Waals surface area contributed by atoms with Gasteiger partial charge in [-0.15, -0.1) is 0 Å². The molecule has 2 bridgehead atoms. The maximum Gasteiger partial charge on any atom is 0.410 e. The zero-order valence-corrected chi connectivity index (χ0v) is 34.2. The van der Waals surface area contributed by atoms with Crippen molar-refractivity contribution < 1.29 is 23.9 Å². The number of likely N-dealkylation sites (tertiary alicyclic amines) is 2. The van der Waals surface area contributed by atoms with E-state index in [-0.39, 0.29) is 41.5 Å². The summed E-state index contributed by atoms with van der Waals surface area (Å²) < 4.78 is 10.6. The van der Waals surface area contributed by atoms with E-state index in [1.807, 2.05) is 56.8 Å². The molecule has 5 atom stereocenters. The van der Waals surface area contributed by atoms with Crippen molar-refractivity contribution in [2.75, 3.05) is 13.7 Å². The number of amides is 3. The molecule has 3 aromatic carbocycles. The highest BCUT2D eigenvalue weighted by atomic mass is 16.6. The summed E-state index contributed by atoms with van der Waals surface area (Å²) in [6, 6.07) is 20.6. The first-order chi connectivity index (χ1) is 27.8. The number of rotatable bonds is 8. The van der Waals surface area contributed by atoms with Crippen LogP contribution in [0, 0.1) is 17.3 Å². The van der Waals surface area contributed by atoms with Gasteiger partial charge >= 0.3 is 12.2 Å². The lowest BCUT2D eigenvalue weighted by Crippen LogP contribution is -2.54. The molecule has 9 rings (SSSR count). The topological polar surface area (TPSA) is 146 Å². The Labute approximate surface area is 339 Å². The number of fused-ring (bicyclic) bond motifs is 3. The first-order valence-electron chi connectivity index (χ1n) is 20.7. The Balaban J connectivity index is 0.896. The molecule has 5 aromatic rings. The second-order valence-electron chi connectivity index (χ2n) is 18.3. The van der Waals surface area contributed by atoms with E-state index in [2.05, 4.69) is 75.9 Å². The van der Waals surface area contributed by atoms with E-state index in [1.165, 1.54) is 7.11 Å². The highest BCUT2D eigenvalue weighted by Gasteiger charge is 2.55. The van der Waals surface area contributed by atoms with E-state index < -0.39 is 17.7 Å². The summed E-state index contributed by atoms with van der Waals surface area (Å²) in [5.41, 5.74) is 5.75. The summed E-state index contributed by atoms with van der Waals surface area (Å²) in [5, 5.41) is 5.03. The van der Waals surface area contributed by atoms with Gasteiger partial charge in [-0.2, -0.15) is 0 Å². The molecule has 2 aliphatic heterocycles. The van der Waals surface area contributed by atoms with E-state index >= 15 is 0 Å². The third-order valence-corrected chi connectivity index (χ3v) is 12.8. The molecule has 12 heteroatoms. The van der Waals surface area contributed by atoms with Gasteiger partial charge in [0.25, 0.3) is 0 Å². The van der Waals surface area contributed by atoms with E-state index in [9.17, 15) is 14.4 Å². The van der Waals surface area contributed by atoms with Gasteiger partial charge in [-0.05, 0) is 116 Å². The molecule has 58 heavy (non-hydrogen) atoms. The Morgan fingerprint density at radius 3 is 2.14 bits per heavy atom. The zero-order chi connectivity index (χ0) is 40.5. The number of nitrogens with one attached hydrogen (secondary N) is 3. The molecule has 12 nitrogen and oxygen atoms in total. The fourth-order valence-electron chi connectivity index (χ4n) is 9.59. The molecular weight excluding hydrogens is 731 g/mol. The normalized spacial score (nSPS) is 22.5. The number of piperidine rings is 1. The number of hydrogen-bond donors (Lipinski definition) is 3. The summed E-state index contributed by atoms with van der Waals surface area (Å²) in [7, 11) is 1.31. The van der Waals surface area contributed by atoms with Crippen molar-refractivity contribution in [1.29, 1.82) is 0 Å². The third kappa shape index (κ3) is 7.11. The molecule has 302 valence electrons. The molecule has 4 heterocycles. The number of nitrogens with zero attached hydrogens (tertiary/aromatic N) is 4. The number of carbonyl (C=O) groups excluding carboxylic acids is 3. The Bertz CT molecular complexity index is 2370. The minimum absolute atomic E-state index is 0.0827. The van der Waals surface area contributed by atoms with Crippen LogP contribution < -0.4 is 5.32 Å². The summed E-state index contributed by atoms with van der Waals surface area (Å²) in [5.74, 6) is 1.74. The molecule has 0 radical (unpaired) electrons. The van der Waals surface area contributed by atoms with Crippen LogP contribution in [-0.4, -0.2) is 79.2 Å². The van der Waals surface area contributed by atoms with Crippen LogP contribution in [0.25, 0.3) is 44.4 Å². The molecule has 4 aliphatic rings. The minimum Gasteiger partial charge on any atom is -0.453 e. The van der Waals surface area contributed by atoms with Crippen molar-refractivity contribution in [2.24, 2.45) is 17.3 Å². The average molecular weight is 784 g/mol. The number of hydrogen-bond acceptors (Lipinski definition) is 7. The van der Waals surface area contributed by atoms with Crippen molar-refractivity contribution in [3.63, 3.8) is 0 Å². The molecule has 3 amide bonds. The number of aromatic amines is 2. The van der Waals surface area contributed by atoms with Crippen molar-refractivity contribution in [2.45, 2.75) is 103 Å². The highest BCUT2D eigenvalue weighted by molar-refractivity contribution is 5.91. The molecule has 4 fully saturated rings. The summed E-state index contributed by atoms with van der Waals surface area (Å²) in [4.78, 5) is 59.8. The number of aromatic nitrogens is 4. The van der Waals surface area contributed by atoms with Gasteiger partial charge < -0.3 is 29.7 Å². The summed E-state index contributed by atoms with van der Waals surface area (Å²) in [6.07, 6.45) is 9.01. The van der Waals surface area contributed by atoms with Crippen molar-refractivity contribution >= 4 is 28.9 Å². The zero-order valence-electron chi connectivity index (χ0n) is 34.2. The second-order valence-corrected chi connectivity index (χ2v) is 18.3. The maximum atomic E-state index is 13.9. The number of methoxy groups -OCH3 is 1. The Kier molecular flexibility index (Phi) is 9.36. The van der Waals surface area contributed by atoms with E-state index in [0.29, 0.717) is 5.92 Å². The molecule has 2 aromatic heterocycles. The number of carbonyl (C=O) groups is 3. The van der Waals surface area contributed by atoms with E-state index in [0.717, 1.165) is 101 Å². The van der Waals surface area contributed by atoms with Crippen LogP contribution in [0.2, 0.25) is 0 Å². The molecule has 2 saturated heterocycles. The van der Waals surface area contributed by atoms with E-state index in [1.54, 1.807) is 0 Å². The standard InChI is InChI=1S/C46H53N7O5/c1-26(2)38(51-43(55)57-6)42(54)53-34-16-15-33(21-34)39(53)41-48-23-35(50-41)28-9-7-27(8-10-28)29-11-12-31-20-32(14-13-30(31)19-29)36-24-47-40(49-36)37-22-46(17-18-46)25-52(37)44(56)58-45(3,4)5/h7-14,19-20,23-24,26,33-34,37-39H,15-18,21-22,25H2,1-6H3,(H,47,49)(H,48,50)(H,51,55)/t33?,34?,37-,38-,39?/m0/s1. The molecule has 1 spiro atoms. The molecular formula is C46H53N7O5. The van der Waals surface area contributed by atoms with Crippen LogP contribution in [0.4, 0.5) is 9.59 Å². The Morgan fingerprint density at radius 1 is 0.845 bits per heavy atom. The quantitative estimate of drug-likeness (QED) is 0.142. The van der Waals surface area contributed by atoms with Crippen LogP contribution in [0.3, 0.4) is 0 Å². The second kappa shape index (κ2) is 14.3. The van der Waals surface area contributed by atoms with Gasteiger partial charge in [-0.1, -0.05) is 62.4 Å². The fraction of sp³-hybridized carbons (Fsp3) is 0.457. The highest BCUT2D eigenvalue weighted by Crippen LogP contribution is 2.58. The Morgan fingerprint density at radius 2 is 1.47 bits per heavy atom. The van der Waals surface area contributed by atoms with Gasteiger partial charge in [0.05, 0.1) is 43.0 Å². The first-order valence-corrected chi connectivity index (χ1v) is 20.7. The van der Waals surface area contributed by atoms with Gasteiger partial charge in [-0.25, -0.2) is 19.6 Å². The predicted molar refractivity (Wildman–Crippen MR) is 221 cm³/mol. The molecule has 3 N–H and O–H groups in total. The average Bonchev–Trinajstić information content (AvgIpc) is 3.83. The molecule has 2 saturated carbocycles. The molecule has 3 unspecified atom stereocenters. The number of imidazole rings is 2. The van der Waals surface area contributed by atoms with Gasteiger partial charge in [0.1, 0.15) is 23.3 Å². The SMILES string of the molecule is COC(=O)N[C@H](C(=O)N1C2CCC(C2)C1c1ncc(-c2ccc(-c3ccc4cc(-c5cnc([C@@H]6CC7(CC7)CN6C(=O)OC(C)(C)C)[nH]5)ccc4c3)cc2)[nH]1)C(C)C. The van der Waals surface area contributed by atoms with Crippen LogP contribution in [0.15, 0.2) is 73.1 Å². The van der Waals surface area contributed by atoms with Crippen LogP contribution in [0.5, 0.6) is 0 Å². The van der Waals surface area contributed by atoms with Gasteiger partial charge in [0.2, 0.25) is 5.91 Å². The predicted octanol–water partition coefficient (Wildman–Crippen LogP) is 9.18. The number of H-pyrrole nitrogens is 2. The van der Waals surface area contributed by atoms with Gasteiger partial charge in [-0.3, -0.25) is 9.69 Å². The van der Waals surface area contributed by atoms with Crippen molar-refractivity contribution in [1.82, 2.24) is 35.1 Å². The summed E-state index contributed by atoms with van der Waals surface area (Å²) >= 11 is 0. The van der Waals surface area contributed by atoms with Gasteiger partial charge in [0, 0.05) is 18.2 Å². The monoisotopic (exact) mass is 783 g/mol. The summed E-state index contributed by atoms with van der Waals surface area (Å²) in [6.45, 7) is 10.3. The minimum atomic E-state index is -0.672. The van der Waals surface area contributed by atoms with Crippen molar-refractivity contribution in [3.8, 4) is 33.6 Å². The lowest BCUT2D eigenvalue weighted by atomic mass is 9.95. The lowest BCUT2D eigenvalue weighted by molar-refractivity contribution is -0.139. The van der Waals surface area contributed by atoms with Crippen LogP contribution in [-0.2, 0) is 14.3 Å². The number of alkyl carbamates (subject to hydrolysis) is 1. The number of benzene rings is 3. The maximum absolute atomic E-state index is 13.9. The largest absolute Gasteiger partial charge is 0.453 e. The number of ether oxygens (including phenoxy) is 2. The Hall–Kier alpha value is -5.65.